The van der Waals surface area contributed by atoms with Crippen LogP contribution in [0.3, 0.4) is 0 Å². The molecule has 1 aromatic heterocycles. The smallest absolute Gasteiger partial charge is 0.272 e. The topological polar surface area (TPSA) is 82.5 Å². The Morgan fingerprint density at radius 3 is 3.10 bits per heavy atom. The van der Waals surface area contributed by atoms with E-state index >= 15 is 0 Å². The van der Waals surface area contributed by atoms with Crippen LogP contribution in [-0.2, 0) is 16.0 Å². The molecule has 1 aromatic rings. The first-order chi connectivity index (χ1) is 10.1. The number of ether oxygens (including phenoxy) is 2. The number of amides is 1. The van der Waals surface area contributed by atoms with Crippen molar-refractivity contribution >= 4 is 5.91 Å². The molecule has 0 aliphatic carbocycles. The molecule has 1 aliphatic heterocycles. The first kappa shape index (κ1) is 15.7. The number of rotatable bonds is 6. The Bertz CT molecular complexity index is 537. The summed E-state index contributed by atoms with van der Waals surface area (Å²) in [4.78, 5) is 23.8. The molecule has 1 amide bonds. The molecule has 0 unspecified atom stereocenters. The van der Waals surface area contributed by atoms with Crippen molar-refractivity contribution in [2.45, 2.75) is 38.5 Å². The molecule has 21 heavy (non-hydrogen) atoms. The number of methoxy groups -OCH3 is 1. The summed E-state index contributed by atoms with van der Waals surface area (Å²) in [5, 5.41) is 6.93. The number of aromatic nitrogens is 2. The molecule has 7 heteroatoms. The average Bonchev–Trinajstić information content (AvgIpc) is 3.00. The fourth-order valence-corrected chi connectivity index (χ4v) is 2.28. The predicted octanol–water partition coefficient (Wildman–Crippen LogP) is 0.187. The molecule has 0 saturated carbocycles. The third-order valence-electron chi connectivity index (χ3n) is 3.49. The van der Waals surface area contributed by atoms with Crippen molar-refractivity contribution in [2.75, 3.05) is 20.3 Å². The normalized spacial score (nSPS) is 19.4. The SMILES string of the molecule is COCCn1nc(C(=O)N[C@H](C)[C@@H]2CCCO2)ccc1=O. The van der Waals surface area contributed by atoms with E-state index in [0.717, 1.165) is 19.4 Å². The molecule has 0 bridgehead atoms. The highest BCUT2D eigenvalue weighted by Crippen LogP contribution is 2.15. The molecule has 1 saturated heterocycles. The minimum absolute atomic E-state index is 0.0494. The van der Waals surface area contributed by atoms with Gasteiger partial charge in [0, 0.05) is 19.8 Å². The number of hydrogen-bond acceptors (Lipinski definition) is 5. The van der Waals surface area contributed by atoms with E-state index in [0.29, 0.717) is 13.2 Å². The maximum Gasteiger partial charge on any atom is 0.272 e. The summed E-state index contributed by atoms with van der Waals surface area (Å²) in [6.07, 6.45) is 2.01. The summed E-state index contributed by atoms with van der Waals surface area (Å²) in [6.45, 7) is 3.34. The maximum absolute atomic E-state index is 12.2. The molecule has 0 spiro atoms. The zero-order valence-electron chi connectivity index (χ0n) is 12.4. The van der Waals surface area contributed by atoms with Gasteiger partial charge in [0.25, 0.3) is 11.5 Å². The lowest BCUT2D eigenvalue weighted by Crippen LogP contribution is -2.41. The predicted molar refractivity (Wildman–Crippen MR) is 76.3 cm³/mol. The third-order valence-corrected chi connectivity index (χ3v) is 3.49. The second kappa shape index (κ2) is 7.33. The zero-order chi connectivity index (χ0) is 15.2. The second-order valence-corrected chi connectivity index (χ2v) is 5.09. The summed E-state index contributed by atoms with van der Waals surface area (Å²) < 4.78 is 11.7. The Hall–Kier alpha value is -1.73. The Labute approximate surface area is 123 Å². The highest BCUT2D eigenvalue weighted by atomic mass is 16.5. The van der Waals surface area contributed by atoms with Gasteiger partial charge in [-0.25, -0.2) is 4.68 Å². The minimum Gasteiger partial charge on any atom is -0.383 e. The van der Waals surface area contributed by atoms with Crippen LogP contribution < -0.4 is 10.9 Å². The first-order valence-electron chi connectivity index (χ1n) is 7.11. The monoisotopic (exact) mass is 295 g/mol. The largest absolute Gasteiger partial charge is 0.383 e. The van der Waals surface area contributed by atoms with Crippen molar-refractivity contribution in [2.24, 2.45) is 0 Å². The van der Waals surface area contributed by atoms with E-state index in [2.05, 4.69) is 10.4 Å². The van der Waals surface area contributed by atoms with Gasteiger partial charge in [-0.2, -0.15) is 5.10 Å². The van der Waals surface area contributed by atoms with Crippen LogP contribution in [0.25, 0.3) is 0 Å². The molecule has 1 fully saturated rings. The Kier molecular flexibility index (Phi) is 5.46. The van der Waals surface area contributed by atoms with Gasteiger partial charge in [0.15, 0.2) is 0 Å². The summed E-state index contributed by atoms with van der Waals surface area (Å²) in [6, 6.07) is 2.69. The van der Waals surface area contributed by atoms with Crippen LogP contribution in [0.15, 0.2) is 16.9 Å². The van der Waals surface area contributed by atoms with Crippen LogP contribution in [0.2, 0.25) is 0 Å². The Morgan fingerprint density at radius 2 is 2.43 bits per heavy atom. The van der Waals surface area contributed by atoms with E-state index in [1.165, 1.54) is 16.8 Å². The molecule has 2 heterocycles. The summed E-state index contributed by atoms with van der Waals surface area (Å²) in [5.74, 6) is -0.302. The number of nitrogens with zero attached hydrogens (tertiary/aromatic N) is 2. The van der Waals surface area contributed by atoms with Gasteiger partial charge in [0.05, 0.1) is 25.3 Å². The molecule has 1 aliphatic rings. The number of nitrogens with one attached hydrogen (secondary N) is 1. The maximum atomic E-state index is 12.2. The van der Waals surface area contributed by atoms with E-state index in [1.807, 2.05) is 6.92 Å². The standard InChI is InChI=1S/C14H21N3O4/c1-10(12-4-3-8-21-12)15-14(19)11-5-6-13(18)17(16-11)7-9-20-2/h5-6,10,12H,3-4,7-9H2,1-2H3,(H,15,19)/t10-,12+/m1/s1. The Morgan fingerprint density at radius 1 is 1.62 bits per heavy atom. The second-order valence-electron chi connectivity index (χ2n) is 5.09. The molecule has 2 rings (SSSR count). The third kappa shape index (κ3) is 4.12. The van der Waals surface area contributed by atoms with Crippen molar-refractivity contribution in [3.8, 4) is 0 Å². The van der Waals surface area contributed by atoms with Gasteiger partial charge in [-0.3, -0.25) is 9.59 Å². The first-order valence-corrected chi connectivity index (χ1v) is 7.11. The van der Waals surface area contributed by atoms with Crippen LogP contribution in [0.4, 0.5) is 0 Å². The molecule has 116 valence electrons. The van der Waals surface area contributed by atoms with Gasteiger partial charge in [-0.1, -0.05) is 0 Å². The number of carbonyl (C=O) groups is 1. The molecular formula is C14H21N3O4. The van der Waals surface area contributed by atoms with Crippen molar-refractivity contribution in [1.29, 1.82) is 0 Å². The summed E-state index contributed by atoms with van der Waals surface area (Å²) in [5.41, 5.74) is -0.0358. The fourth-order valence-electron chi connectivity index (χ4n) is 2.28. The lowest BCUT2D eigenvalue weighted by Gasteiger charge is -2.19. The molecular weight excluding hydrogens is 274 g/mol. The van der Waals surface area contributed by atoms with E-state index in [-0.39, 0.29) is 29.3 Å². The van der Waals surface area contributed by atoms with E-state index in [9.17, 15) is 9.59 Å². The van der Waals surface area contributed by atoms with Gasteiger partial charge in [-0.05, 0) is 25.8 Å². The lowest BCUT2D eigenvalue weighted by atomic mass is 10.1. The van der Waals surface area contributed by atoms with Gasteiger partial charge < -0.3 is 14.8 Å². The molecule has 2 atom stereocenters. The summed E-state index contributed by atoms with van der Waals surface area (Å²) >= 11 is 0. The molecule has 7 nitrogen and oxygen atoms in total. The highest BCUT2D eigenvalue weighted by molar-refractivity contribution is 5.92. The minimum atomic E-state index is -0.302. The molecule has 0 radical (unpaired) electrons. The number of hydrogen-bond donors (Lipinski definition) is 1. The zero-order valence-corrected chi connectivity index (χ0v) is 12.4. The van der Waals surface area contributed by atoms with Crippen molar-refractivity contribution < 1.29 is 14.3 Å². The van der Waals surface area contributed by atoms with Gasteiger partial charge in [-0.15, -0.1) is 0 Å². The van der Waals surface area contributed by atoms with Crippen LogP contribution in [0.5, 0.6) is 0 Å². The van der Waals surface area contributed by atoms with Gasteiger partial charge in [0.2, 0.25) is 0 Å². The lowest BCUT2D eigenvalue weighted by molar-refractivity contribution is 0.0707. The van der Waals surface area contributed by atoms with Crippen LogP contribution in [0, 0.1) is 0 Å². The van der Waals surface area contributed by atoms with E-state index in [1.54, 1.807) is 7.11 Å². The highest BCUT2D eigenvalue weighted by Gasteiger charge is 2.24. The van der Waals surface area contributed by atoms with E-state index < -0.39 is 0 Å². The summed E-state index contributed by atoms with van der Waals surface area (Å²) in [7, 11) is 1.55. The molecule has 0 aromatic carbocycles. The molecule has 1 N–H and O–H groups in total. The van der Waals surface area contributed by atoms with Crippen LogP contribution in [-0.4, -0.2) is 48.2 Å². The van der Waals surface area contributed by atoms with Crippen molar-refractivity contribution in [3.63, 3.8) is 0 Å². The van der Waals surface area contributed by atoms with Crippen LogP contribution >= 0.6 is 0 Å². The quantitative estimate of drug-likeness (QED) is 0.810. The fraction of sp³-hybridized carbons (Fsp3) is 0.643. The Balaban J connectivity index is 2.02. The van der Waals surface area contributed by atoms with Crippen LogP contribution in [0.1, 0.15) is 30.3 Å². The van der Waals surface area contributed by atoms with E-state index in [4.69, 9.17) is 9.47 Å². The van der Waals surface area contributed by atoms with Crippen molar-refractivity contribution in [3.05, 3.63) is 28.2 Å². The van der Waals surface area contributed by atoms with Gasteiger partial charge >= 0.3 is 0 Å². The number of carbonyl (C=O) groups excluding carboxylic acids is 1. The van der Waals surface area contributed by atoms with Gasteiger partial charge in [0.1, 0.15) is 5.69 Å². The average molecular weight is 295 g/mol. The van der Waals surface area contributed by atoms with Crippen molar-refractivity contribution in [1.82, 2.24) is 15.1 Å².